The van der Waals surface area contributed by atoms with Crippen LogP contribution in [0, 0.1) is 11.8 Å². The molecule has 1 aromatic heterocycles. The summed E-state index contributed by atoms with van der Waals surface area (Å²) in [6.07, 6.45) is 4.75. The molecule has 0 N–H and O–H groups in total. The maximum Gasteiger partial charge on any atom is 0.346 e. The van der Waals surface area contributed by atoms with E-state index in [9.17, 15) is 4.79 Å². The van der Waals surface area contributed by atoms with Crippen molar-refractivity contribution in [2.24, 2.45) is 0 Å². The average molecular weight is 248 g/mol. The number of rotatable bonds is 4. The number of unbranched alkanes of at least 4 members (excludes halogenated alkanes) is 2. The van der Waals surface area contributed by atoms with Crippen LogP contribution in [-0.2, 0) is 9.53 Å². The number of carbonyl (C=O) groups is 1. The van der Waals surface area contributed by atoms with Crippen molar-refractivity contribution in [3.05, 3.63) is 28.0 Å². The Morgan fingerprint density at radius 3 is 3.00 bits per heavy atom. The van der Waals surface area contributed by atoms with Gasteiger partial charge in [-0.15, -0.1) is 11.3 Å². The van der Waals surface area contributed by atoms with Gasteiger partial charge in [0.2, 0.25) is 0 Å². The highest BCUT2D eigenvalue weighted by molar-refractivity contribution is 7.10. The molecule has 0 saturated heterocycles. The number of hydrogen-bond acceptors (Lipinski definition) is 3. The summed E-state index contributed by atoms with van der Waals surface area (Å²) < 4.78 is 4.71. The lowest BCUT2D eigenvalue weighted by molar-refractivity contribution is -0.135. The van der Waals surface area contributed by atoms with Crippen LogP contribution in [0.1, 0.15) is 31.1 Å². The van der Waals surface area contributed by atoms with Gasteiger partial charge in [0, 0.05) is 11.3 Å². The van der Waals surface area contributed by atoms with Crippen LogP contribution in [0.4, 0.5) is 0 Å². The molecule has 90 valence electrons. The van der Waals surface area contributed by atoms with Crippen molar-refractivity contribution in [2.45, 2.75) is 26.2 Å². The Hall–Kier alpha value is -1.53. The van der Waals surface area contributed by atoms with Crippen molar-refractivity contribution in [3.8, 4) is 11.8 Å². The summed E-state index contributed by atoms with van der Waals surface area (Å²) in [5, 5.41) is 1.96. The van der Waals surface area contributed by atoms with Gasteiger partial charge in [0.05, 0.1) is 7.11 Å². The molecule has 0 aliphatic rings. The molecule has 17 heavy (non-hydrogen) atoms. The first kappa shape index (κ1) is 13.5. The van der Waals surface area contributed by atoms with Crippen molar-refractivity contribution < 1.29 is 9.53 Å². The third kappa shape index (κ3) is 4.88. The Balaban J connectivity index is 2.80. The Morgan fingerprint density at radius 2 is 2.41 bits per heavy atom. The van der Waals surface area contributed by atoms with E-state index in [1.54, 1.807) is 17.4 Å². The fraction of sp³-hybridized carbons (Fsp3) is 0.357. The van der Waals surface area contributed by atoms with Gasteiger partial charge in [0.1, 0.15) is 5.57 Å². The molecule has 0 saturated carbocycles. The number of ether oxygens (including phenoxy) is 1. The summed E-state index contributed by atoms with van der Waals surface area (Å²) in [5.74, 6) is 5.51. The van der Waals surface area contributed by atoms with Gasteiger partial charge in [0.25, 0.3) is 0 Å². The van der Waals surface area contributed by atoms with Crippen molar-refractivity contribution in [1.29, 1.82) is 0 Å². The molecule has 0 aliphatic heterocycles. The van der Waals surface area contributed by atoms with Gasteiger partial charge in [0.15, 0.2) is 0 Å². The van der Waals surface area contributed by atoms with Crippen LogP contribution in [0.5, 0.6) is 0 Å². The van der Waals surface area contributed by atoms with Crippen LogP contribution in [0.15, 0.2) is 23.1 Å². The van der Waals surface area contributed by atoms with E-state index in [4.69, 9.17) is 4.74 Å². The van der Waals surface area contributed by atoms with Crippen LogP contribution < -0.4 is 0 Å². The molecule has 0 bridgehead atoms. The maximum absolute atomic E-state index is 11.5. The maximum atomic E-state index is 11.5. The molecule has 0 spiro atoms. The molecule has 1 rings (SSSR count). The Bertz CT molecular complexity index is 433. The fourth-order valence-electron chi connectivity index (χ4n) is 1.19. The van der Waals surface area contributed by atoms with Gasteiger partial charge in [-0.2, -0.15) is 0 Å². The first-order chi connectivity index (χ1) is 8.27. The molecule has 0 aliphatic carbocycles. The molecule has 0 unspecified atom stereocenters. The van der Waals surface area contributed by atoms with E-state index in [-0.39, 0.29) is 5.97 Å². The molecular weight excluding hydrogens is 232 g/mol. The number of hydrogen-bond donors (Lipinski definition) is 0. The van der Waals surface area contributed by atoms with Crippen molar-refractivity contribution in [1.82, 2.24) is 0 Å². The van der Waals surface area contributed by atoms with E-state index >= 15 is 0 Å². The van der Waals surface area contributed by atoms with Gasteiger partial charge in [-0.05, 0) is 23.9 Å². The van der Waals surface area contributed by atoms with E-state index in [0.717, 1.165) is 24.1 Å². The smallest absolute Gasteiger partial charge is 0.346 e. The normalized spacial score (nSPS) is 10.6. The standard InChI is InChI=1S/C14H16O2S/c1-3-4-5-6-8-12(14(15)16-2)11-13-9-7-10-17-13/h7,9-11H,3-5H2,1-2H3/b12-11+. The molecule has 0 atom stereocenters. The highest BCUT2D eigenvalue weighted by Crippen LogP contribution is 2.13. The van der Waals surface area contributed by atoms with E-state index in [0.29, 0.717) is 5.57 Å². The number of esters is 1. The zero-order valence-electron chi connectivity index (χ0n) is 10.2. The van der Waals surface area contributed by atoms with Crippen LogP contribution in [-0.4, -0.2) is 13.1 Å². The minimum absolute atomic E-state index is 0.373. The van der Waals surface area contributed by atoms with Crippen LogP contribution in [0.2, 0.25) is 0 Å². The minimum Gasteiger partial charge on any atom is -0.465 e. The molecular formula is C14H16O2S. The zero-order chi connectivity index (χ0) is 12.5. The molecule has 1 aromatic rings. The van der Waals surface area contributed by atoms with Crippen LogP contribution >= 0.6 is 11.3 Å². The van der Waals surface area contributed by atoms with E-state index in [1.807, 2.05) is 17.5 Å². The fourth-order valence-corrected chi connectivity index (χ4v) is 1.85. The lowest BCUT2D eigenvalue weighted by Crippen LogP contribution is -2.02. The zero-order valence-corrected chi connectivity index (χ0v) is 11.0. The van der Waals surface area contributed by atoms with Crippen molar-refractivity contribution in [2.75, 3.05) is 7.11 Å². The van der Waals surface area contributed by atoms with Crippen LogP contribution in [0.25, 0.3) is 6.08 Å². The number of methoxy groups -OCH3 is 1. The predicted octanol–water partition coefficient (Wildman–Crippen LogP) is 3.50. The Morgan fingerprint density at radius 1 is 1.59 bits per heavy atom. The van der Waals surface area contributed by atoms with E-state index in [1.165, 1.54) is 7.11 Å². The van der Waals surface area contributed by atoms with Gasteiger partial charge in [-0.25, -0.2) is 4.79 Å². The lowest BCUT2D eigenvalue weighted by Gasteiger charge is -1.96. The van der Waals surface area contributed by atoms with Gasteiger partial charge >= 0.3 is 5.97 Å². The quantitative estimate of drug-likeness (QED) is 0.353. The second kappa shape index (κ2) is 7.70. The average Bonchev–Trinajstić information content (AvgIpc) is 2.85. The molecule has 3 heteroatoms. The summed E-state index contributed by atoms with van der Waals surface area (Å²) in [6.45, 7) is 2.12. The predicted molar refractivity (Wildman–Crippen MR) is 71.6 cm³/mol. The third-order valence-corrected chi connectivity index (χ3v) is 2.93. The highest BCUT2D eigenvalue weighted by atomic mass is 32.1. The van der Waals surface area contributed by atoms with Crippen molar-refractivity contribution in [3.63, 3.8) is 0 Å². The first-order valence-corrected chi connectivity index (χ1v) is 6.48. The summed E-state index contributed by atoms with van der Waals surface area (Å²) in [7, 11) is 1.37. The van der Waals surface area contributed by atoms with Gasteiger partial charge in [-0.3, -0.25) is 0 Å². The van der Waals surface area contributed by atoms with Crippen molar-refractivity contribution >= 4 is 23.4 Å². The number of thiophene rings is 1. The van der Waals surface area contributed by atoms with E-state index in [2.05, 4.69) is 18.8 Å². The molecule has 2 nitrogen and oxygen atoms in total. The topological polar surface area (TPSA) is 26.3 Å². The summed E-state index contributed by atoms with van der Waals surface area (Å²) >= 11 is 1.57. The third-order valence-electron chi connectivity index (χ3n) is 2.11. The highest BCUT2D eigenvalue weighted by Gasteiger charge is 2.06. The van der Waals surface area contributed by atoms with Gasteiger partial charge < -0.3 is 4.74 Å². The monoisotopic (exact) mass is 248 g/mol. The van der Waals surface area contributed by atoms with E-state index < -0.39 is 0 Å². The second-order valence-corrected chi connectivity index (χ2v) is 4.45. The first-order valence-electron chi connectivity index (χ1n) is 5.60. The molecule has 0 amide bonds. The SMILES string of the molecule is CCCCC#C/C(=C\c1cccs1)C(=O)OC. The van der Waals surface area contributed by atoms with Gasteiger partial charge in [-0.1, -0.05) is 31.3 Å². The lowest BCUT2D eigenvalue weighted by atomic mass is 10.2. The minimum atomic E-state index is -0.373. The molecule has 1 heterocycles. The Kier molecular flexibility index (Phi) is 6.13. The molecule has 0 aromatic carbocycles. The molecule has 0 radical (unpaired) electrons. The summed E-state index contributed by atoms with van der Waals surface area (Å²) in [6, 6.07) is 3.89. The summed E-state index contributed by atoms with van der Waals surface area (Å²) in [4.78, 5) is 12.5. The summed E-state index contributed by atoms with van der Waals surface area (Å²) in [5.41, 5.74) is 0.422. The Labute approximate surface area is 106 Å². The second-order valence-electron chi connectivity index (χ2n) is 3.47. The van der Waals surface area contributed by atoms with Crippen LogP contribution in [0.3, 0.4) is 0 Å². The number of carbonyl (C=O) groups excluding carboxylic acids is 1. The molecule has 0 fully saturated rings. The largest absolute Gasteiger partial charge is 0.465 e.